The third-order valence-electron chi connectivity index (χ3n) is 5.33. The van der Waals surface area contributed by atoms with Gasteiger partial charge < -0.3 is 15.0 Å². The molecule has 0 aromatic heterocycles. The van der Waals surface area contributed by atoms with E-state index in [0.29, 0.717) is 12.1 Å². The van der Waals surface area contributed by atoms with Gasteiger partial charge in [0.15, 0.2) is 0 Å². The summed E-state index contributed by atoms with van der Waals surface area (Å²) in [5.74, 6) is 0.779. The van der Waals surface area contributed by atoms with E-state index in [0.717, 1.165) is 46.3 Å². The van der Waals surface area contributed by atoms with Crippen molar-refractivity contribution >= 4 is 40.0 Å². The number of carbonyl (C=O) groups excluding carboxylic acids is 2. The molecule has 0 bridgehead atoms. The maximum atomic E-state index is 12.4. The van der Waals surface area contributed by atoms with Gasteiger partial charge in [-0.1, -0.05) is 18.2 Å². The van der Waals surface area contributed by atoms with Crippen LogP contribution >= 0.6 is 0 Å². The number of ether oxygens (including phenoxy) is 1. The Hall–Kier alpha value is -3.60. The molecule has 5 nitrogen and oxygen atoms in total. The van der Waals surface area contributed by atoms with Crippen molar-refractivity contribution in [3.8, 4) is 5.75 Å². The molecule has 0 unspecified atom stereocenters. The summed E-state index contributed by atoms with van der Waals surface area (Å²) in [4.78, 5) is 26.1. The standard InChI is InChI=1S/C25H24N2O3/c1-17-14-21(9-11-23(17)27-13-3-4-25(27)29)26-24(28)12-6-18-5-7-20-16-22(30-2)10-8-19(20)15-18/h5-12,14-16H,3-4,13H2,1-2H3,(H,26,28)/b12-6+. The lowest BCUT2D eigenvalue weighted by Gasteiger charge is -2.19. The van der Waals surface area contributed by atoms with E-state index in [9.17, 15) is 9.59 Å². The summed E-state index contributed by atoms with van der Waals surface area (Å²) in [5, 5.41) is 5.06. The molecule has 1 heterocycles. The van der Waals surface area contributed by atoms with Crippen LogP contribution in [0.25, 0.3) is 16.8 Å². The van der Waals surface area contributed by atoms with Crippen molar-refractivity contribution in [2.24, 2.45) is 0 Å². The Balaban J connectivity index is 1.44. The number of fused-ring (bicyclic) bond motifs is 1. The summed E-state index contributed by atoms with van der Waals surface area (Å²) in [7, 11) is 1.65. The number of amides is 2. The predicted octanol–water partition coefficient (Wildman–Crippen LogP) is 4.94. The first-order chi connectivity index (χ1) is 14.5. The van der Waals surface area contributed by atoms with Gasteiger partial charge in [0.1, 0.15) is 5.75 Å². The predicted molar refractivity (Wildman–Crippen MR) is 121 cm³/mol. The van der Waals surface area contributed by atoms with E-state index in [2.05, 4.69) is 5.32 Å². The average molecular weight is 400 g/mol. The van der Waals surface area contributed by atoms with Gasteiger partial charge >= 0.3 is 0 Å². The fourth-order valence-corrected chi connectivity index (χ4v) is 3.77. The molecule has 1 fully saturated rings. The van der Waals surface area contributed by atoms with Crippen molar-refractivity contribution in [2.75, 3.05) is 23.9 Å². The van der Waals surface area contributed by atoms with Crippen LogP contribution in [-0.2, 0) is 9.59 Å². The minimum Gasteiger partial charge on any atom is -0.497 e. The summed E-state index contributed by atoms with van der Waals surface area (Å²) < 4.78 is 5.25. The molecule has 2 amide bonds. The second-order valence-electron chi connectivity index (χ2n) is 7.45. The molecule has 1 aliphatic heterocycles. The Kier molecular flexibility index (Phi) is 5.53. The number of carbonyl (C=O) groups is 2. The molecular formula is C25H24N2O3. The summed E-state index contributed by atoms with van der Waals surface area (Å²) in [5.41, 5.74) is 3.54. The van der Waals surface area contributed by atoms with Crippen molar-refractivity contribution in [1.29, 1.82) is 0 Å². The van der Waals surface area contributed by atoms with Gasteiger partial charge in [-0.25, -0.2) is 0 Å². The van der Waals surface area contributed by atoms with E-state index in [1.165, 1.54) is 6.08 Å². The van der Waals surface area contributed by atoms with Gasteiger partial charge in [0, 0.05) is 30.4 Å². The maximum absolute atomic E-state index is 12.4. The van der Waals surface area contributed by atoms with E-state index in [4.69, 9.17) is 4.74 Å². The molecule has 152 valence electrons. The number of rotatable bonds is 5. The minimum absolute atomic E-state index is 0.159. The molecule has 4 rings (SSSR count). The Morgan fingerprint density at radius 3 is 2.60 bits per heavy atom. The van der Waals surface area contributed by atoms with Gasteiger partial charge in [0.05, 0.1) is 7.11 Å². The van der Waals surface area contributed by atoms with Crippen LogP contribution < -0.4 is 15.0 Å². The summed E-state index contributed by atoms with van der Waals surface area (Å²) in [6.07, 6.45) is 4.82. The molecule has 0 spiro atoms. The highest BCUT2D eigenvalue weighted by Gasteiger charge is 2.22. The fraction of sp³-hybridized carbons (Fsp3) is 0.200. The second kappa shape index (κ2) is 8.41. The molecular weight excluding hydrogens is 376 g/mol. The zero-order chi connectivity index (χ0) is 21.1. The van der Waals surface area contributed by atoms with E-state index in [1.54, 1.807) is 13.2 Å². The maximum Gasteiger partial charge on any atom is 0.248 e. The monoisotopic (exact) mass is 400 g/mol. The zero-order valence-corrected chi connectivity index (χ0v) is 17.1. The highest BCUT2D eigenvalue weighted by molar-refractivity contribution is 6.03. The molecule has 1 aliphatic rings. The van der Waals surface area contributed by atoms with E-state index in [1.807, 2.05) is 66.4 Å². The highest BCUT2D eigenvalue weighted by Crippen LogP contribution is 2.27. The first-order valence-electron chi connectivity index (χ1n) is 10.0. The molecule has 0 aliphatic carbocycles. The second-order valence-corrected chi connectivity index (χ2v) is 7.45. The third-order valence-corrected chi connectivity index (χ3v) is 5.33. The lowest BCUT2D eigenvalue weighted by molar-refractivity contribution is -0.117. The van der Waals surface area contributed by atoms with Crippen molar-refractivity contribution in [2.45, 2.75) is 19.8 Å². The number of benzene rings is 3. The summed E-state index contributed by atoms with van der Waals surface area (Å²) in [6, 6.07) is 17.6. The highest BCUT2D eigenvalue weighted by atomic mass is 16.5. The SMILES string of the molecule is COc1ccc2cc(/C=C/C(=O)Nc3ccc(N4CCCC4=O)c(C)c3)ccc2c1. The zero-order valence-electron chi connectivity index (χ0n) is 17.1. The Bertz CT molecular complexity index is 1150. The number of hydrogen-bond donors (Lipinski definition) is 1. The molecule has 1 saturated heterocycles. The Labute approximate surface area is 176 Å². The van der Waals surface area contributed by atoms with Gasteiger partial charge in [-0.05, 0) is 77.7 Å². The molecule has 5 heteroatoms. The number of nitrogens with one attached hydrogen (secondary N) is 1. The van der Waals surface area contributed by atoms with Crippen LogP contribution in [0.15, 0.2) is 60.7 Å². The van der Waals surface area contributed by atoms with Crippen LogP contribution in [0.5, 0.6) is 5.75 Å². The van der Waals surface area contributed by atoms with Crippen molar-refractivity contribution in [3.63, 3.8) is 0 Å². The van der Waals surface area contributed by atoms with Crippen LogP contribution in [0.1, 0.15) is 24.0 Å². The van der Waals surface area contributed by atoms with Gasteiger partial charge in [-0.15, -0.1) is 0 Å². The summed E-state index contributed by atoms with van der Waals surface area (Å²) >= 11 is 0. The van der Waals surface area contributed by atoms with E-state index < -0.39 is 0 Å². The first-order valence-corrected chi connectivity index (χ1v) is 10.0. The largest absolute Gasteiger partial charge is 0.497 e. The lowest BCUT2D eigenvalue weighted by atomic mass is 10.1. The van der Waals surface area contributed by atoms with E-state index >= 15 is 0 Å². The number of anilines is 2. The molecule has 0 radical (unpaired) electrons. The average Bonchev–Trinajstić information content (AvgIpc) is 3.17. The van der Waals surface area contributed by atoms with Crippen LogP contribution in [0.4, 0.5) is 11.4 Å². The summed E-state index contributed by atoms with van der Waals surface area (Å²) in [6.45, 7) is 2.71. The van der Waals surface area contributed by atoms with Gasteiger partial charge in [-0.2, -0.15) is 0 Å². The molecule has 0 atom stereocenters. The van der Waals surface area contributed by atoms with Crippen LogP contribution in [-0.4, -0.2) is 25.5 Å². The van der Waals surface area contributed by atoms with Crippen molar-refractivity contribution in [1.82, 2.24) is 0 Å². The number of methoxy groups -OCH3 is 1. The van der Waals surface area contributed by atoms with Crippen molar-refractivity contribution < 1.29 is 14.3 Å². The van der Waals surface area contributed by atoms with Gasteiger partial charge in [-0.3, -0.25) is 9.59 Å². The van der Waals surface area contributed by atoms with E-state index in [-0.39, 0.29) is 11.8 Å². The smallest absolute Gasteiger partial charge is 0.248 e. The van der Waals surface area contributed by atoms with Gasteiger partial charge in [0.25, 0.3) is 0 Å². The normalized spacial score (nSPS) is 13.9. The Morgan fingerprint density at radius 2 is 1.87 bits per heavy atom. The topological polar surface area (TPSA) is 58.6 Å². The molecule has 30 heavy (non-hydrogen) atoms. The molecule has 3 aromatic carbocycles. The lowest BCUT2D eigenvalue weighted by Crippen LogP contribution is -2.24. The van der Waals surface area contributed by atoms with Crippen LogP contribution in [0.3, 0.4) is 0 Å². The molecule has 3 aromatic rings. The molecule has 0 saturated carbocycles. The van der Waals surface area contributed by atoms with Crippen LogP contribution in [0.2, 0.25) is 0 Å². The number of aryl methyl sites for hydroxylation is 1. The van der Waals surface area contributed by atoms with Crippen molar-refractivity contribution in [3.05, 3.63) is 71.8 Å². The number of hydrogen-bond acceptors (Lipinski definition) is 3. The minimum atomic E-state index is -0.200. The first kappa shape index (κ1) is 19.7. The number of nitrogens with zero attached hydrogens (tertiary/aromatic N) is 1. The fourth-order valence-electron chi connectivity index (χ4n) is 3.77. The van der Waals surface area contributed by atoms with Crippen LogP contribution in [0, 0.1) is 6.92 Å². The van der Waals surface area contributed by atoms with Gasteiger partial charge in [0.2, 0.25) is 11.8 Å². The Morgan fingerprint density at radius 1 is 1.07 bits per heavy atom. The third kappa shape index (κ3) is 4.20. The quantitative estimate of drug-likeness (QED) is 0.618. The molecule has 1 N–H and O–H groups in total.